The largest absolute Gasteiger partial charge is 0.366 e. The van der Waals surface area contributed by atoms with E-state index in [1.54, 1.807) is 30.6 Å². The average Bonchev–Trinajstić information content (AvgIpc) is 3.37. The molecule has 4 aromatic rings. The standard InChI is InChI=1S/C21H16N4O2S/c22-19(26)15(13-5-2-1-3-6-13)11-14-12-24-20-18(14)16(8-9-23-20)25-21(27)17-7-4-10-28-17/h1-12H,(H2,22,26)(H2,23,24,25,27)/b15-11-. The van der Waals surface area contributed by atoms with Gasteiger partial charge in [-0.15, -0.1) is 11.3 Å². The molecule has 0 radical (unpaired) electrons. The second-order valence-corrected chi connectivity index (χ2v) is 6.99. The van der Waals surface area contributed by atoms with E-state index in [2.05, 4.69) is 15.3 Å². The number of aromatic amines is 1. The Morgan fingerprint density at radius 1 is 1.11 bits per heavy atom. The zero-order valence-electron chi connectivity index (χ0n) is 14.7. The number of anilines is 1. The molecule has 7 heteroatoms. The molecule has 0 aliphatic heterocycles. The van der Waals surface area contributed by atoms with E-state index in [1.165, 1.54) is 11.3 Å². The molecule has 1 aromatic carbocycles. The molecule has 28 heavy (non-hydrogen) atoms. The maximum Gasteiger partial charge on any atom is 0.265 e. The highest BCUT2D eigenvalue weighted by molar-refractivity contribution is 7.12. The Kier molecular flexibility index (Phi) is 4.74. The molecule has 0 saturated carbocycles. The molecular formula is C21H16N4O2S. The third-order valence-corrected chi connectivity index (χ3v) is 5.12. The molecule has 3 aromatic heterocycles. The Hall–Kier alpha value is -3.71. The molecular weight excluding hydrogens is 372 g/mol. The summed E-state index contributed by atoms with van der Waals surface area (Å²) in [6.07, 6.45) is 5.06. The Morgan fingerprint density at radius 2 is 1.93 bits per heavy atom. The predicted octanol–water partition coefficient (Wildman–Crippen LogP) is 3.90. The summed E-state index contributed by atoms with van der Waals surface area (Å²) in [5, 5.41) is 5.48. The van der Waals surface area contributed by atoms with Crippen molar-refractivity contribution in [1.82, 2.24) is 9.97 Å². The molecule has 0 aliphatic carbocycles. The first-order chi connectivity index (χ1) is 13.6. The van der Waals surface area contributed by atoms with Crippen LogP contribution in [0.2, 0.25) is 0 Å². The van der Waals surface area contributed by atoms with Crippen LogP contribution in [-0.2, 0) is 4.79 Å². The van der Waals surface area contributed by atoms with Crippen LogP contribution in [-0.4, -0.2) is 21.8 Å². The number of benzene rings is 1. The van der Waals surface area contributed by atoms with Crippen molar-refractivity contribution in [3.05, 3.63) is 82.3 Å². The highest BCUT2D eigenvalue weighted by Crippen LogP contribution is 2.29. The number of carbonyl (C=O) groups is 2. The molecule has 6 nitrogen and oxygen atoms in total. The van der Waals surface area contributed by atoms with Gasteiger partial charge in [0.2, 0.25) is 5.91 Å². The lowest BCUT2D eigenvalue weighted by Crippen LogP contribution is -2.13. The molecule has 0 spiro atoms. The molecule has 0 fully saturated rings. The van der Waals surface area contributed by atoms with E-state index in [4.69, 9.17) is 5.73 Å². The van der Waals surface area contributed by atoms with Crippen LogP contribution in [0.15, 0.2) is 66.3 Å². The lowest BCUT2D eigenvalue weighted by Gasteiger charge is -2.07. The van der Waals surface area contributed by atoms with Gasteiger partial charge in [0.05, 0.1) is 10.6 Å². The minimum Gasteiger partial charge on any atom is -0.366 e. The maximum atomic E-state index is 12.5. The van der Waals surface area contributed by atoms with Gasteiger partial charge in [-0.25, -0.2) is 4.98 Å². The molecule has 0 unspecified atom stereocenters. The van der Waals surface area contributed by atoms with Crippen LogP contribution in [0.5, 0.6) is 0 Å². The SMILES string of the molecule is NC(=O)/C(=C\c1c[nH]c2nccc(NC(=O)c3cccs3)c12)c1ccccc1. The van der Waals surface area contributed by atoms with E-state index in [0.717, 1.165) is 5.56 Å². The van der Waals surface area contributed by atoms with E-state index >= 15 is 0 Å². The average molecular weight is 388 g/mol. The lowest BCUT2D eigenvalue weighted by molar-refractivity contribution is -0.112. The summed E-state index contributed by atoms with van der Waals surface area (Å²) in [6.45, 7) is 0. The maximum absolute atomic E-state index is 12.5. The molecule has 3 heterocycles. The Morgan fingerprint density at radius 3 is 2.64 bits per heavy atom. The number of rotatable bonds is 5. The number of fused-ring (bicyclic) bond motifs is 1. The van der Waals surface area contributed by atoms with Gasteiger partial charge in [0.15, 0.2) is 0 Å². The predicted molar refractivity (Wildman–Crippen MR) is 112 cm³/mol. The van der Waals surface area contributed by atoms with Gasteiger partial charge < -0.3 is 16.0 Å². The number of nitrogens with one attached hydrogen (secondary N) is 2. The normalized spacial score (nSPS) is 11.5. The number of primary amides is 1. The van der Waals surface area contributed by atoms with Crippen molar-refractivity contribution < 1.29 is 9.59 Å². The van der Waals surface area contributed by atoms with Crippen molar-refractivity contribution in [1.29, 1.82) is 0 Å². The molecule has 2 amide bonds. The van der Waals surface area contributed by atoms with Gasteiger partial charge in [-0.1, -0.05) is 36.4 Å². The Bertz CT molecular complexity index is 1180. The lowest BCUT2D eigenvalue weighted by atomic mass is 10.0. The van der Waals surface area contributed by atoms with Crippen LogP contribution in [0.1, 0.15) is 20.8 Å². The van der Waals surface area contributed by atoms with Crippen LogP contribution >= 0.6 is 11.3 Å². The first-order valence-corrected chi connectivity index (χ1v) is 9.39. The number of aromatic nitrogens is 2. The monoisotopic (exact) mass is 388 g/mol. The van der Waals surface area contributed by atoms with Gasteiger partial charge >= 0.3 is 0 Å². The van der Waals surface area contributed by atoms with Gasteiger partial charge in [0.25, 0.3) is 5.91 Å². The van der Waals surface area contributed by atoms with Crippen LogP contribution in [0, 0.1) is 0 Å². The molecule has 0 saturated heterocycles. The number of hydrogen-bond acceptors (Lipinski definition) is 4. The molecule has 0 bridgehead atoms. The highest BCUT2D eigenvalue weighted by Gasteiger charge is 2.15. The zero-order valence-corrected chi connectivity index (χ0v) is 15.5. The van der Waals surface area contributed by atoms with Crippen molar-refractivity contribution in [2.75, 3.05) is 5.32 Å². The van der Waals surface area contributed by atoms with Crippen molar-refractivity contribution in [3.8, 4) is 0 Å². The summed E-state index contributed by atoms with van der Waals surface area (Å²) in [5.74, 6) is -0.731. The summed E-state index contributed by atoms with van der Waals surface area (Å²) in [6, 6.07) is 14.5. The number of pyridine rings is 1. The topological polar surface area (TPSA) is 101 Å². The van der Waals surface area contributed by atoms with Gasteiger partial charge in [-0.3, -0.25) is 9.59 Å². The fraction of sp³-hybridized carbons (Fsp3) is 0. The minimum absolute atomic E-state index is 0.197. The van der Waals surface area contributed by atoms with Crippen LogP contribution < -0.4 is 11.1 Å². The summed E-state index contributed by atoms with van der Waals surface area (Å²) in [5.41, 5.74) is 8.63. The number of hydrogen-bond donors (Lipinski definition) is 3. The first kappa shape index (κ1) is 17.7. The van der Waals surface area contributed by atoms with E-state index in [-0.39, 0.29) is 5.91 Å². The Balaban J connectivity index is 1.80. The number of carbonyl (C=O) groups excluding carboxylic acids is 2. The van der Waals surface area contributed by atoms with Crippen molar-refractivity contribution in [2.24, 2.45) is 5.73 Å². The molecule has 0 atom stereocenters. The molecule has 138 valence electrons. The summed E-state index contributed by atoms with van der Waals surface area (Å²) >= 11 is 1.37. The van der Waals surface area contributed by atoms with Crippen molar-refractivity contribution in [3.63, 3.8) is 0 Å². The number of H-pyrrole nitrogens is 1. The summed E-state index contributed by atoms with van der Waals surface area (Å²) in [7, 11) is 0. The number of thiophene rings is 1. The molecule has 0 aliphatic rings. The van der Waals surface area contributed by atoms with Crippen LogP contribution in [0.3, 0.4) is 0 Å². The number of nitrogens with zero attached hydrogens (tertiary/aromatic N) is 1. The Labute approximate surface area is 164 Å². The minimum atomic E-state index is -0.534. The van der Waals surface area contributed by atoms with Gasteiger partial charge in [-0.05, 0) is 29.2 Å². The second-order valence-electron chi connectivity index (χ2n) is 6.05. The van der Waals surface area contributed by atoms with Crippen molar-refractivity contribution in [2.45, 2.75) is 0 Å². The quantitative estimate of drug-likeness (QED) is 0.452. The van der Waals surface area contributed by atoms with Crippen molar-refractivity contribution >= 4 is 51.5 Å². The van der Waals surface area contributed by atoms with E-state index in [9.17, 15) is 9.59 Å². The first-order valence-electron chi connectivity index (χ1n) is 8.51. The fourth-order valence-electron chi connectivity index (χ4n) is 2.96. The smallest absolute Gasteiger partial charge is 0.265 e. The highest BCUT2D eigenvalue weighted by atomic mass is 32.1. The third kappa shape index (κ3) is 3.43. The summed E-state index contributed by atoms with van der Waals surface area (Å²) < 4.78 is 0. The number of nitrogens with two attached hydrogens (primary N) is 1. The second kappa shape index (κ2) is 7.50. The van der Waals surface area contributed by atoms with Gasteiger partial charge in [0.1, 0.15) is 5.65 Å². The van der Waals surface area contributed by atoms with E-state index < -0.39 is 5.91 Å². The fourth-order valence-corrected chi connectivity index (χ4v) is 3.58. The number of amides is 2. The van der Waals surface area contributed by atoms with Gasteiger partial charge in [0, 0.05) is 28.9 Å². The van der Waals surface area contributed by atoms with Crippen LogP contribution in [0.4, 0.5) is 5.69 Å². The van der Waals surface area contributed by atoms with E-state index in [0.29, 0.717) is 32.7 Å². The van der Waals surface area contributed by atoms with Crippen LogP contribution in [0.25, 0.3) is 22.7 Å². The zero-order chi connectivity index (χ0) is 19.5. The third-order valence-electron chi connectivity index (χ3n) is 4.25. The molecule has 4 N–H and O–H groups in total. The van der Waals surface area contributed by atoms with E-state index in [1.807, 2.05) is 41.8 Å². The van der Waals surface area contributed by atoms with Gasteiger partial charge in [-0.2, -0.15) is 0 Å². The molecule has 4 rings (SSSR count). The summed E-state index contributed by atoms with van der Waals surface area (Å²) in [4.78, 5) is 32.5.